The van der Waals surface area contributed by atoms with Gasteiger partial charge in [-0.1, -0.05) is 170 Å². The van der Waals surface area contributed by atoms with Crippen molar-refractivity contribution in [1.82, 2.24) is 0 Å². The molecule has 0 bridgehead atoms. The van der Waals surface area contributed by atoms with Gasteiger partial charge in [0.1, 0.15) is 0 Å². The SMILES string of the molecule is N=C1C=CC=CC1=Nc1ccccc1.N=C1C=CC=CC1=Nc1ccccc1.[NH-]c1ccccc1[N-]c1ccccc1.[NH-]c1ccccc1[N-]c1ccccc1.[Pd+2].[Pd+2]. The van der Waals surface area contributed by atoms with Gasteiger partial charge in [-0.15, -0.1) is 11.4 Å². The van der Waals surface area contributed by atoms with Crippen molar-refractivity contribution in [2.75, 3.05) is 0 Å². The monoisotopic (exact) mass is 940 g/mol. The van der Waals surface area contributed by atoms with Crippen molar-refractivity contribution in [1.29, 1.82) is 10.8 Å². The molecular weight excluding hydrogens is 901 g/mol. The molecule has 4 N–H and O–H groups in total. The number of aliphatic imine (C=N–C) groups is 2. The fourth-order valence-electron chi connectivity index (χ4n) is 4.85. The van der Waals surface area contributed by atoms with Crippen LogP contribution in [0.4, 0.5) is 45.5 Å². The molecule has 0 aromatic heterocycles. The van der Waals surface area contributed by atoms with Crippen LogP contribution in [-0.4, -0.2) is 22.8 Å². The maximum absolute atomic E-state index is 7.63. The standard InChI is InChI=1S/4C12H10N2.2Pd/c4*13-11-8-4-5-9-12(11)14-10-6-2-1-3-7-10;;/h4*1-9,13H;;/q;;2*-2;2*+2. The van der Waals surface area contributed by atoms with E-state index in [9.17, 15) is 0 Å². The van der Waals surface area contributed by atoms with E-state index in [1.807, 2.05) is 194 Å². The van der Waals surface area contributed by atoms with Crippen LogP contribution in [0.5, 0.6) is 0 Å². The Morgan fingerprint density at radius 1 is 0.362 bits per heavy atom. The summed E-state index contributed by atoms with van der Waals surface area (Å²) >= 11 is 0. The Morgan fingerprint density at radius 2 is 0.655 bits per heavy atom. The minimum absolute atomic E-state index is 0. The van der Waals surface area contributed by atoms with Gasteiger partial charge in [-0.05, 0) is 48.6 Å². The predicted octanol–water partition coefficient (Wildman–Crippen LogP) is 15.2. The zero-order valence-electron chi connectivity index (χ0n) is 31.2. The Labute approximate surface area is 368 Å². The summed E-state index contributed by atoms with van der Waals surface area (Å²) in [5.74, 6) is 0. The number of rotatable bonds is 6. The maximum atomic E-state index is 7.63. The minimum atomic E-state index is 0. The second-order valence-electron chi connectivity index (χ2n) is 11.9. The van der Waals surface area contributed by atoms with Crippen molar-refractivity contribution in [3.63, 3.8) is 0 Å². The third-order valence-electron chi connectivity index (χ3n) is 7.64. The molecule has 10 heteroatoms. The number of nitrogens with one attached hydrogen (secondary N) is 4. The zero-order chi connectivity index (χ0) is 39.2. The number of allylic oxidation sites excluding steroid dienone is 8. The molecule has 0 saturated carbocycles. The summed E-state index contributed by atoms with van der Waals surface area (Å²) in [6.45, 7) is 0. The van der Waals surface area contributed by atoms with Crippen LogP contribution in [0.2, 0.25) is 0 Å². The van der Waals surface area contributed by atoms with Crippen LogP contribution in [-0.2, 0) is 40.8 Å². The third kappa shape index (κ3) is 15.9. The Morgan fingerprint density at radius 3 is 0.983 bits per heavy atom. The summed E-state index contributed by atoms with van der Waals surface area (Å²) in [7, 11) is 0. The molecular formula is C48H40N8Pd2. The van der Waals surface area contributed by atoms with E-state index < -0.39 is 0 Å². The predicted molar refractivity (Wildman–Crippen MR) is 238 cm³/mol. The van der Waals surface area contributed by atoms with Gasteiger partial charge < -0.3 is 22.1 Å². The summed E-state index contributed by atoms with van der Waals surface area (Å²) in [5, 5.41) is 24.0. The van der Waals surface area contributed by atoms with E-state index >= 15 is 0 Å². The third-order valence-corrected chi connectivity index (χ3v) is 7.64. The van der Waals surface area contributed by atoms with E-state index in [4.69, 9.17) is 22.3 Å². The molecule has 0 radical (unpaired) electrons. The smallest absolute Gasteiger partial charge is 0.700 e. The first-order chi connectivity index (χ1) is 27.4. The first-order valence-corrected chi connectivity index (χ1v) is 17.7. The molecule has 0 saturated heterocycles. The summed E-state index contributed by atoms with van der Waals surface area (Å²) < 4.78 is 0. The maximum Gasteiger partial charge on any atom is 2.00 e. The summed E-state index contributed by atoms with van der Waals surface area (Å²) in [6, 6.07) is 53.3. The number of hydrogen-bond donors (Lipinski definition) is 2. The van der Waals surface area contributed by atoms with Gasteiger partial charge in [-0.25, -0.2) is 9.98 Å². The number of benzene rings is 6. The average Bonchev–Trinajstić information content (AvgIpc) is 3.24. The second-order valence-corrected chi connectivity index (χ2v) is 11.9. The van der Waals surface area contributed by atoms with Crippen molar-refractivity contribution >= 4 is 68.3 Å². The molecule has 6 aromatic rings. The van der Waals surface area contributed by atoms with Gasteiger partial charge in [0, 0.05) is 0 Å². The second kappa shape index (κ2) is 25.6. The fraction of sp³-hybridized carbons (Fsp3) is 0. The molecule has 2 aliphatic carbocycles. The van der Waals surface area contributed by atoms with E-state index in [-0.39, 0.29) is 40.8 Å². The molecule has 8 nitrogen and oxygen atoms in total. The van der Waals surface area contributed by atoms with Gasteiger partial charge >= 0.3 is 40.8 Å². The molecule has 6 aromatic carbocycles. The van der Waals surface area contributed by atoms with Gasteiger partial charge in [0.05, 0.1) is 34.2 Å². The fourth-order valence-corrected chi connectivity index (χ4v) is 4.85. The van der Waals surface area contributed by atoms with Crippen molar-refractivity contribution < 1.29 is 40.8 Å². The number of para-hydroxylation sites is 6. The molecule has 58 heavy (non-hydrogen) atoms. The van der Waals surface area contributed by atoms with Crippen molar-refractivity contribution in [3.05, 3.63) is 241 Å². The molecule has 0 heterocycles. The first kappa shape index (κ1) is 45.9. The molecule has 292 valence electrons. The van der Waals surface area contributed by atoms with Crippen LogP contribution in [0.1, 0.15) is 0 Å². The summed E-state index contributed by atoms with van der Waals surface area (Å²) in [4.78, 5) is 8.71. The molecule has 0 unspecified atom stereocenters. The quantitative estimate of drug-likeness (QED) is 0.121. The van der Waals surface area contributed by atoms with Gasteiger partial charge in [0.25, 0.3) is 0 Å². The molecule has 8 rings (SSSR count). The van der Waals surface area contributed by atoms with Crippen molar-refractivity contribution in [3.8, 4) is 0 Å². The first-order valence-electron chi connectivity index (χ1n) is 17.7. The van der Waals surface area contributed by atoms with Crippen LogP contribution in [0.3, 0.4) is 0 Å². The van der Waals surface area contributed by atoms with Gasteiger partial charge in [-0.2, -0.15) is 22.7 Å². The van der Waals surface area contributed by atoms with Gasteiger partial charge in [0.15, 0.2) is 0 Å². The molecule has 2 aliphatic rings. The molecule has 0 fully saturated rings. The number of nitrogens with zero attached hydrogens (tertiary/aromatic N) is 4. The van der Waals surface area contributed by atoms with Crippen LogP contribution in [0, 0.1) is 10.8 Å². The van der Waals surface area contributed by atoms with E-state index in [2.05, 4.69) is 20.6 Å². The van der Waals surface area contributed by atoms with Crippen LogP contribution in [0.25, 0.3) is 22.1 Å². The van der Waals surface area contributed by atoms with E-state index in [0.29, 0.717) is 45.6 Å². The van der Waals surface area contributed by atoms with Crippen molar-refractivity contribution in [2.45, 2.75) is 0 Å². The number of hydrogen-bond acceptors (Lipinski definition) is 4. The Kier molecular flexibility index (Phi) is 20.3. The zero-order valence-corrected chi connectivity index (χ0v) is 34.3. The normalized spacial score (nSPS) is 13.2. The van der Waals surface area contributed by atoms with E-state index in [1.54, 1.807) is 24.3 Å². The van der Waals surface area contributed by atoms with Crippen molar-refractivity contribution in [2.24, 2.45) is 9.98 Å². The molecule has 0 atom stereocenters. The molecule has 0 aliphatic heterocycles. The minimum Gasteiger partial charge on any atom is -0.700 e. The average molecular weight is 942 g/mol. The largest absolute Gasteiger partial charge is 2.00 e. The molecule has 0 amide bonds. The van der Waals surface area contributed by atoms with Gasteiger partial charge in [0.2, 0.25) is 0 Å². The van der Waals surface area contributed by atoms with E-state index in [1.165, 1.54) is 0 Å². The van der Waals surface area contributed by atoms with E-state index in [0.717, 1.165) is 22.7 Å². The van der Waals surface area contributed by atoms with Gasteiger partial charge in [-0.3, -0.25) is 10.8 Å². The topological polar surface area (TPSA) is 148 Å². The Hall–Kier alpha value is -6.52. The Balaban J connectivity index is 0.000000205. The van der Waals surface area contributed by atoms with Crippen LogP contribution in [0.15, 0.2) is 228 Å². The van der Waals surface area contributed by atoms with Crippen LogP contribution >= 0.6 is 0 Å². The van der Waals surface area contributed by atoms with Crippen LogP contribution < -0.4 is 0 Å². The molecule has 0 spiro atoms. The summed E-state index contributed by atoms with van der Waals surface area (Å²) in [5.41, 5.74) is 23.4. The summed E-state index contributed by atoms with van der Waals surface area (Å²) in [6.07, 6.45) is 14.6. The Bertz CT molecular complexity index is 2190.